The van der Waals surface area contributed by atoms with E-state index in [2.05, 4.69) is 58.7 Å². The Morgan fingerprint density at radius 1 is 1.11 bits per heavy atom. The molecule has 9 heteroatoms. The molecule has 0 saturated carbocycles. The van der Waals surface area contributed by atoms with E-state index in [1.54, 1.807) is 0 Å². The van der Waals surface area contributed by atoms with Gasteiger partial charge in [-0.3, -0.25) is 9.58 Å². The predicted octanol–water partition coefficient (Wildman–Crippen LogP) is 6.73. The van der Waals surface area contributed by atoms with Crippen LogP contribution >= 0.6 is 0 Å². The lowest BCUT2D eigenvalue weighted by atomic mass is 9.78. The van der Waals surface area contributed by atoms with Gasteiger partial charge in [0.15, 0.2) is 0 Å². The van der Waals surface area contributed by atoms with E-state index in [-0.39, 0.29) is 11.5 Å². The number of halogens is 1. The molecule has 46 heavy (non-hydrogen) atoms. The maximum absolute atomic E-state index is 12.8. The van der Waals surface area contributed by atoms with E-state index in [1.165, 1.54) is 30.4 Å². The summed E-state index contributed by atoms with van der Waals surface area (Å²) in [5.41, 5.74) is 12.6. The van der Waals surface area contributed by atoms with Crippen LogP contribution in [0.15, 0.2) is 30.6 Å². The van der Waals surface area contributed by atoms with Crippen LogP contribution in [0.2, 0.25) is 0 Å². The molecule has 3 aliphatic heterocycles. The summed E-state index contributed by atoms with van der Waals surface area (Å²) in [6, 6.07) is 8.81. The van der Waals surface area contributed by atoms with Crippen LogP contribution in [0, 0.1) is 11.3 Å². The molecule has 3 saturated heterocycles. The van der Waals surface area contributed by atoms with E-state index < -0.39 is 6.17 Å². The molecule has 4 unspecified atom stereocenters. The molecule has 0 bridgehead atoms. The molecule has 3 aromatic rings. The minimum absolute atomic E-state index is 0.236. The number of benzene rings is 1. The van der Waals surface area contributed by atoms with Crippen molar-refractivity contribution in [2.45, 2.75) is 121 Å². The van der Waals surface area contributed by atoms with E-state index in [0.717, 1.165) is 100 Å². The van der Waals surface area contributed by atoms with Crippen molar-refractivity contribution in [1.29, 1.82) is 5.26 Å². The second-order valence-electron chi connectivity index (χ2n) is 14.1. The molecule has 0 radical (unpaired) electrons. The third-order valence-corrected chi connectivity index (χ3v) is 10.9. The summed E-state index contributed by atoms with van der Waals surface area (Å²) in [5.74, 6) is 2.29. The highest BCUT2D eigenvalue weighted by atomic mass is 19.1. The van der Waals surface area contributed by atoms with Crippen molar-refractivity contribution in [3.05, 3.63) is 64.4 Å². The van der Waals surface area contributed by atoms with Gasteiger partial charge < -0.3 is 10.6 Å². The van der Waals surface area contributed by atoms with Crippen LogP contribution in [0.1, 0.15) is 118 Å². The van der Waals surface area contributed by atoms with Crippen molar-refractivity contribution in [2.24, 2.45) is 0 Å². The average molecular weight is 627 g/mol. The Labute approximate surface area is 274 Å². The smallest absolute Gasteiger partial charge is 0.135 e. The second-order valence-corrected chi connectivity index (χ2v) is 14.1. The number of rotatable bonds is 6. The van der Waals surface area contributed by atoms with Gasteiger partial charge >= 0.3 is 0 Å². The van der Waals surface area contributed by atoms with Crippen LogP contribution in [0.25, 0.3) is 0 Å². The first-order valence-electron chi connectivity index (χ1n) is 17.7. The Hall–Kier alpha value is -3.51. The molecular formula is C37H51FN8. The summed E-state index contributed by atoms with van der Waals surface area (Å²) in [4.78, 5) is 14.9. The molecule has 2 N–H and O–H groups in total. The molecule has 1 aliphatic carbocycles. The number of nitrogens with zero attached hydrogens (tertiary/aromatic N) is 7. The number of nitrogen functional groups attached to an aromatic ring is 1. The van der Waals surface area contributed by atoms with Gasteiger partial charge in [-0.25, -0.2) is 14.4 Å². The van der Waals surface area contributed by atoms with E-state index in [9.17, 15) is 9.65 Å². The standard InChI is InChI=1S/C29H37N7.C8H14FN/c1-3-8-20-11-13-25(31)24(18-30)28(20)21-10-12-23-26(17-21)33-27(4-2)34-29(23)35-15-6-5-9-22(19-35)36-16-7-14-32-36;1-8-3-2-4-10(8)6-7(9)5-8/h7,11,13-14,16,21-22H,3-6,8-10,12,15,17,19,31H2,1-2H3;7H,2-6H2,1H3. The molecule has 4 atom stereocenters. The Bertz CT molecular complexity index is 1530. The molecule has 0 spiro atoms. The fraction of sp³-hybridized carbons (Fsp3) is 0.622. The number of hydrogen-bond donors (Lipinski definition) is 1. The maximum Gasteiger partial charge on any atom is 0.135 e. The Morgan fingerprint density at radius 3 is 2.72 bits per heavy atom. The summed E-state index contributed by atoms with van der Waals surface area (Å²) < 4.78 is 15.0. The van der Waals surface area contributed by atoms with Crippen LogP contribution < -0.4 is 10.6 Å². The number of hydrogen-bond acceptors (Lipinski definition) is 7. The van der Waals surface area contributed by atoms with Crippen LogP contribution in [0.3, 0.4) is 0 Å². The number of nitriles is 1. The highest BCUT2D eigenvalue weighted by Crippen LogP contribution is 2.41. The molecule has 8 nitrogen and oxygen atoms in total. The fourth-order valence-electron chi connectivity index (χ4n) is 8.50. The van der Waals surface area contributed by atoms with Crippen LogP contribution in [0.4, 0.5) is 15.9 Å². The van der Waals surface area contributed by atoms with E-state index in [1.807, 2.05) is 18.3 Å². The lowest BCUT2D eigenvalue weighted by molar-refractivity contribution is 0.217. The lowest BCUT2D eigenvalue weighted by Crippen LogP contribution is -2.34. The Balaban J connectivity index is 0.000000314. The Kier molecular flexibility index (Phi) is 9.93. The van der Waals surface area contributed by atoms with Gasteiger partial charge in [0.25, 0.3) is 0 Å². The zero-order chi connectivity index (χ0) is 32.3. The molecule has 246 valence electrons. The maximum atomic E-state index is 12.8. The number of aryl methyl sites for hydroxylation is 2. The normalized spacial score (nSPS) is 26.1. The lowest BCUT2D eigenvalue weighted by Gasteiger charge is -2.32. The minimum Gasteiger partial charge on any atom is -0.398 e. The van der Waals surface area contributed by atoms with Crippen molar-refractivity contribution in [3.63, 3.8) is 0 Å². The van der Waals surface area contributed by atoms with E-state index in [0.29, 0.717) is 23.8 Å². The fourth-order valence-corrected chi connectivity index (χ4v) is 8.50. The molecule has 7 rings (SSSR count). The summed E-state index contributed by atoms with van der Waals surface area (Å²) in [6.45, 7) is 10.3. The molecule has 2 aromatic heterocycles. The monoisotopic (exact) mass is 626 g/mol. The first kappa shape index (κ1) is 32.4. The van der Waals surface area contributed by atoms with Crippen LogP contribution in [-0.2, 0) is 25.7 Å². The van der Waals surface area contributed by atoms with Crippen molar-refractivity contribution in [2.75, 3.05) is 36.8 Å². The molecule has 4 aliphatic rings. The summed E-state index contributed by atoms with van der Waals surface area (Å²) >= 11 is 0. The largest absolute Gasteiger partial charge is 0.398 e. The van der Waals surface area contributed by atoms with Crippen LogP contribution in [-0.4, -0.2) is 62.5 Å². The number of fused-ring (bicyclic) bond motifs is 2. The topological polar surface area (TPSA) is 99.9 Å². The predicted molar refractivity (Wildman–Crippen MR) is 182 cm³/mol. The third kappa shape index (κ3) is 6.64. The molecular weight excluding hydrogens is 575 g/mol. The van der Waals surface area contributed by atoms with Gasteiger partial charge in [-0.15, -0.1) is 0 Å². The molecule has 0 amide bonds. The number of alkyl halides is 1. The number of aromatic nitrogens is 4. The van der Waals surface area contributed by atoms with Crippen LogP contribution in [0.5, 0.6) is 0 Å². The van der Waals surface area contributed by atoms with Gasteiger partial charge in [0, 0.05) is 55.2 Å². The van der Waals surface area contributed by atoms with Gasteiger partial charge in [0.05, 0.1) is 17.3 Å². The number of anilines is 2. The van der Waals surface area contributed by atoms with Crippen molar-refractivity contribution in [3.8, 4) is 6.07 Å². The molecule has 1 aromatic carbocycles. The quantitative estimate of drug-likeness (QED) is 0.303. The summed E-state index contributed by atoms with van der Waals surface area (Å²) in [6.07, 6.45) is 15.7. The van der Waals surface area contributed by atoms with Gasteiger partial charge in [-0.2, -0.15) is 10.4 Å². The number of nitrogens with two attached hydrogens (primary N) is 1. The zero-order valence-corrected chi connectivity index (χ0v) is 28.0. The van der Waals surface area contributed by atoms with Crippen molar-refractivity contribution in [1.82, 2.24) is 24.6 Å². The first-order chi connectivity index (χ1) is 22.3. The van der Waals surface area contributed by atoms with Gasteiger partial charge in [0.2, 0.25) is 0 Å². The van der Waals surface area contributed by atoms with E-state index >= 15 is 0 Å². The summed E-state index contributed by atoms with van der Waals surface area (Å²) in [7, 11) is 0. The summed E-state index contributed by atoms with van der Waals surface area (Å²) in [5, 5.41) is 14.5. The second kappa shape index (κ2) is 14.1. The first-order valence-corrected chi connectivity index (χ1v) is 17.7. The average Bonchev–Trinajstić information content (AvgIpc) is 3.72. The van der Waals surface area contributed by atoms with Gasteiger partial charge in [0.1, 0.15) is 23.9 Å². The zero-order valence-electron chi connectivity index (χ0n) is 28.0. The van der Waals surface area contributed by atoms with E-state index in [4.69, 9.17) is 15.7 Å². The Morgan fingerprint density at radius 2 is 1.98 bits per heavy atom. The van der Waals surface area contributed by atoms with Crippen molar-refractivity contribution < 1.29 is 4.39 Å². The van der Waals surface area contributed by atoms with Gasteiger partial charge in [-0.1, -0.05) is 26.3 Å². The minimum atomic E-state index is -0.551. The third-order valence-electron chi connectivity index (χ3n) is 10.9. The molecule has 3 fully saturated rings. The highest BCUT2D eigenvalue weighted by Gasteiger charge is 2.44. The SMILES string of the molecule is CC12CCCN1CC(F)C2.CCCc1ccc(N)c(C#N)c1C1CCc2c(nc(CC)nc2N2CCCCC(n3cccn3)C2)C1. The highest BCUT2D eigenvalue weighted by molar-refractivity contribution is 5.62. The van der Waals surface area contributed by atoms with Gasteiger partial charge in [-0.05, 0) is 107 Å². The molecule has 5 heterocycles. The van der Waals surface area contributed by atoms with Crippen molar-refractivity contribution >= 4 is 11.5 Å².